The first-order chi connectivity index (χ1) is 16.8. The van der Waals surface area contributed by atoms with Gasteiger partial charge in [-0.1, -0.05) is 0 Å². The monoisotopic (exact) mass is 460 g/mol. The van der Waals surface area contributed by atoms with Crippen molar-refractivity contribution in [2.75, 3.05) is 6.79 Å². The minimum atomic E-state index is -3.70. The Morgan fingerprint density at radius 1 is 0.412 bits per heavy atom. The Balaban J connectivity index is 1.75. The molecule has 166 valence electrons. The number of rotatable bonds is 5. The summed E-state index contributed by atoms with van der Waals surface area (Å²) in [4.78, 5) is 0. The van der Waals surface area contributed by atoms with Gasteiger partial charge >= 0.3 is 201 Å². The van der Waals surface area contributed by atoms with Crippen LogP contribution in [0.25, 0.3) is 22.3 Å². The van der Waals surface area contributed by atoms with Crippen LogP contribution in [0.4, 0.5) is 0 Å². The fourth-order valence-electron chi connectivity index (χ4n) is 5.12. The summed E-state index contributed by atoms with van der Waals surface area (Å²) >= 11 is 0. The van der Waals surface area contributed by atoms with Gasteiger partial charge in [0.1, 0.15) is 0 Å². The van der Waals surface area contributed by atoms with E-state index in [0.29, 0.717) is 0 Å². The fraction of sp³-hybridized carbons (Fsp3) is 0.0323. The maximum absolute atomic E-state index is 6.90. The molecule has 5 aromatic carbocycles. The molecule has 2 nitrogen and oxygen atoms in total. The van der Waals surface area contributed by atoms with Crippen LogP contribution in [0.5, 0.6) is 0 Å². The molecule has 0 amide bonds. The SMILES string of the molecule is c1ccc(-c2ccccc2P2(c3ccccc3)(c3ccccc3-c3ccccc3)OCO2)cc1. The van der Waals surface area contributed by atoms with Crippen LogP contribution >= 0.6 is 7.06 Å². The first kappa shape index (κ1) is 21.0. The molecule has 0 aromatic heterocycles. The molecule has 34 heavy (non-hydrogen) atoms. The molecule has 1 saturated heterocycles. The van der Waals surface area contributed by atoms with Crippen molar-refractivity contribution in [1.82, 2.24) is 0 Å². The summed E-state index contributed by atoms with van der Waals surface area (Å²) in [6.07, 6.45) is 0. The van der Waals surface area contributed by atoms with Crippen LogP contribution in [-0.4, -0.2) is 6.79 Å². The molecule has 0 unspecified atom stereocenters. The van der Waals surface area contributed by atoms with Crippen LogP contribution < -0.4 is 15.9 Å². The zero-order valence-electron chi connectivity index (χ0n) is 18.7. The van der Waals surface area contributed by atoms with Gasteiger partial charge in [-0.25, -0.2) is 0 Å². The van der Waals surface area contributed by atoms with Gasteiger partial charge in [0, 0.05) is 0 Å². The van der Waals surface area contributed by atoms with Gasteiger partial charge in [0.15, 0.2) is 0 Å². The molecule has 1 aliphatic rings. The predicted octanol–water partition coefficient (Wildman–Crippen LogP) is 6.68. The molecule has 1 fully saturated rings. The van der Waals surface area contributed by atoms with Crippen molar-refractivity contribution in [3.05, 3.63) is 140 Å². The van der Waals surface area contributed by atoms with E-state index in [9.17, 15) is 0 Å². The van der Waals surface area contributed by atoms with Crippen LogP contribution in [0.2, 0.25) is 0 Å². The van der Waals surface area contributed by atoms with E-state index < -0.39 is 7.06 Å². The molecule has 3 heteroatoms. The van der Waals surface area contributed by atoms with Crippen LogP contribution in [0.1, 0.15) is 0 Å². The van der Waals surface area contributed by atoms with Gasteiger partial charge in [-0.05, 0) is 0 Å². The second kappa shape index (κ2) is 8.34. The third kappa shape index (κ3) is 3.01. The zero-order chi connectivity index (χ0) is 22.9. The summed E-state index contributed by atoms with van der Waals surface area (Å²) in [6.45, 7) is 0.263. The first-order valence-corrected chi connectivity index (χ1v) is 13.6. The molecule has 0 aliphatic carbocycles. The molecule has 0 bridgehead atoms. The maximum atomic E-state index is 6.90. The quantitative estimate of drug-likeness (QED) is 0.272. The van der Waals surface area contributed by atoms with E-state index in [4.69, 9.17) is 9.05 Å². The normalized spacial score (nSPS) is 17.1. The average Bonchev–Trinajstić information content (AvgIpc) is 2.91. The third-order valence-corrected chi connectivity index (χ3v) is 11.6. The van der Waals surface area contributed by atoms with E-state index in [1.54, 1.807) is 0 Å². The Bertz CT molecular complexity index is 1340. The average molecular weight is 461 g/mol. The van der Waals surface area contributed by atoms with Crippen molar-refractivity contribution >= 4 is 23.0 Å². The van der Waals surface area contributed by atoms with Crippen molar-refractivity contribution in [1.29, 1.82) is 0 Å². The summed E-state index contributed by atoms with van der Waals surface area (Å²) < 4.78 is 13.8. The zero-order valence-corrected chi connectivity index (χ0v) is 19.6. The van der Waals surface area contributed by atoms with Gasteiger partial charge < -0.3 is 0 Å². The molecular weight excluding hydrogens is 435 g/mol. The van der Waals surface area contributed by atoms with E-state index in [-0.39, 0.29) is 6.79 Å². The second-order valence-electron chi connectivity index (χ2n) is 8.44. The summed E-state index contributed by atoms with van der Waals surface area (Å²) in [5, 5.41) is 3.27. The van der Waals surface area contributed by atoms with Crippen molar-refractivity contribution in [3.8, 4) is 22.3 Å². The van der Waals surface area contributed by atoms with E-state index in [1.807, 2.05) is 18.2 Å². The second-order valence-corrected chi connectivity index (χ2v) is 12.3. The molecule has 0 radical (unpaired) electrons. The van der Waals surface area contributed by atoms with Crippen LogP contribution in [0, 0.1) is 0 Å². The molecule has 1 heterocycles. The Labute approximate surface area is 200 Å². The Morgan fingerprint density at radius 3 is 1.21 bits per heavy atom. The van der Waals surface area contributed by atoms with Gasteiger partial charge in [-0.3, -0.25) is 0 Å². The van der Waals surface area contributed by atoms with Crippen molar-refractivity contribution in [2.24, 2.45) is 0 Å². The number of hydrogen-bond acceptors (Lipinski definition) is 2. The third-order valence-electron chi connectivity index (χ3n) is 6.68. The molecule has 0 spiro atoms. The van der Waals surface area contributed by atoms with E-state index in [1.165, 1.54) is 0 Å². The first-order valence-electron chi connectivity index (χ1n) is 11.5. The minimum absolute atomic E-state index is 0.263. The standard InChI is InChI=1S/C31H25O2P/c1-4-14-25(15-5-1)28-20-10-12-22-30(28)34(32-24-33-34,27-18-8-3-9-19-27)31-23-13-11-21-29(31)26-16-6-2-7-17-26/h1-23H,24H2. The number of hydrogen-bond donors (Lipinski definition) is 0. The van der Waals surface area contributed by atoms with Crippen LogP contribution in [0.3, 0.4) is 0 Å². The van der Waals surface area contributed by atoms with Gasteiger partial charge in [0.25, 0.3) is 0 Å². The molecule has 0 atom stereocenters. The van der Waals surface area contributed by atoms with Gasteiger partial charge in [0.2, 0.25) is 0 Å². The molecule has 6 rings (SSSR count). The molecule has 0 saturated carbocycles. The molecule has 0 N–H and O–H groups in total. The van der Waals surface area contributed by atoms with Crippen LogP contribution in [0.15, 0.2) is 140 Å². The van der Waals surface area contributed by atoms with Gasteiger partial charge in [-0.2, -0.15) is 0 Å². The van der Waals surface area contributed by atoms with Crippen molar-refractivity contribution in [3.63, 3.8) is 0 Å². The fourth-order valence-corrected chi connectivity index (χ4v) is 9.93. The molecular formula is C31H25O2P. The summed E-state index contributed by atoms with van der Waals surface area (Å²) in [5.41, 5.74) is 4.56. The summed E-state index contributed by atoms with van der Waals surface area (Å²) in [7, 11) is -3.70. The Kier molecular flexibility index (Phi) is 5.16. The van der Waals surface area contributed by atoms with Crippen molar-refractivity contribution in [2.45, 2.75) is 0 Å². The summed E-state index contributed by atoms with van der Waals surface area (Å²) in [6, 6.07) is 48.6. The summed E-state index contributed by atoms with van der Waals surface area (Å²) in [5.74, 6) is 0. The topological polar surface area (TPSA) is 18.5 Å². The van der Waals surface area contributed by atoms with Gasteiger partial charge in [0.05, 0.1) is 0 Å². The Hall–Kier alpha value is -3.55. The van der Waals surface area contributed by atoms with Crippen molar-refractivity contribution < 1.29 is 9.05 Å². The van der Waals surface area contributed by atoms with Crippen LogP contribution in [-0.2, 0) is 9.05 Å². The molecule has 5 aromatic rings. The van der Waals surface area contributed by atoms with Gasteiger partial charge in [-0.15, -0.1) is 0 Å². The van der Waals surface area contributed by atoms with E-state index in [2.05, 4.69) is 121 Å². The number of benzene rings is 5. The van der Waals surface area contributed by atoms with E-state index in [0.717, 1.165) is 38.2 Å². The molecule has 1 aliphatic heterocycles. The Morgan fingerprint density at radius 2 is 0.794 bits per heavy atom. The predicted molar refractivity (Wildman–Crippen MR) is 143 cm³/mol. The van der Waals surface area contributed by atoms with E-state index >= 15 is 0 Å².